The van der Waals surface area contributed by atoms with Gasteiger partial charge in [-0.3, -0.25) is 4.79 Å². The minimum absolute atomic E-state index is 0.168. The van der Waals surface area contributed by atoms with Crippen LogP contribution in [0.3, 0.4) is 0 Å². The van der Waals surface area contributed by atoms with E-state index in [9.17, 15) is 9.18 Å². The van der Waals surface area contributed by atoms with Crippen LogP contribution in [0, 0.1) is 26.6 Å². The number of nitrogen functional groups attached to an aromatic ring is 1. The predicted molar refractivity (Wildman–Crippen MR) is 142 cm³/mol. The number of carbonyl (C=O) groups is 1. The third kappa shape index (κ3) is 3.45. The zero-order valence-corrected chi connectivity index (χ0v) is 20.2. The molecule has 3 N–H and O–H groups in total. The molecule has 178 valence electrons. The Balaban J connectivity index is 1.38. The standard InChI is InChI=1S/C30H24FN3O2/c1-15-11-26(32)34-17(3)25(15)14-33-30(35)19-6-9-22-23(12-19)28-24-13-20(18-4-7-21(31)8-5-18)10-16(2)27(24)29(22)36-28/h4-13H,14H2,1-3H3,(H2,32,34)(H,33,35). The van der Waals surface area contributed by atoms with Gasteiger partial charge in [-0.1, -0.05) is 18.2 Å². The molecule has 0 fully saturated rings. The van der Waals surface area contributed by atoms with Crippen molar-refractivity contribution in [1.29, 1.82) is 0 Å². The molecule has 3 heterocycles. The van der Waals surface area contributed by atoms with Crippen molar-refractivity contribution in [2.45, 2.75) is 27.3 Å². The van der Waals surface area contributed by atoms with Gasteiger partial charge in [0.1, 0.15) is 22.8 Å². The Labute approximate surface area is 207 Å². The molecule has 0 saturated heterocycles. The minimum Gasteiger partial charge on any atom is -0.455 e. The lowest BCUT2D eigenvalue weighted by atomic mass is 9.94. The third-order valence-corrected chi connectivity index (χ3v) is 6.96. The van der Waals surface area contributed by atoms with E-state index >= 15 is 0 Å². The molecule has 5 nitrogen and oxygen atoms in total. The van der Waals surface area contributed by atoms with E-state index in [-0.39, 0.29) is 11.7 Å². The summed E-state index contributed by atoms with van der Waals surface area (Å²) in [6, 6.07) is 18.1. The normalized spacial score (nSPS) is 11.7. The molecule has 6 rings (SSSR count). The molecule has 0 radical (unpaired) electrons. The number of nitrogens with one attached hydrogen (secondary N) is 1. The summed E-state index contributed by atoms with van der Waals surface area (Å²) in [5.74, 6) is 0.0429. The zero-order valence-electron chi connectivity index (χ0n) is 20.2. The summed E-state index contributed by atoms with van der Waals surface area (Å²) in [7, 11) is 0. The van der Waals surface area contributed by atoms with Crippen LogP contribution in [0.15, 0.2) is 65.1 Å². The zero-order chi connectivity index (χ0) is 25.1. The van der Waals surface area contributed by atoms with Gasteiger partial charge in [0.25, 0.3) is 5.91 Å². The molecule has 3 aromatic carbocycles. The van der Waals surface area contributed by atoms with Crippen LogP contribution < -0.4 is 11.1 Å². The van der Waals surface area contributed by atoms with E-state index in [0.717, 1.165) is 66.2 Å². The number of nitrogens with two attached hydrogens (primary N) is 1. The molecule has 2 bridgehead atoms. The second-order valence-corrected chi connectivity index (χ2v) is 9.35. The highest BCUT2D eigenvalue weighted by Crippen LogP contribution is 2.44. The molecule has 0 saturated carbocycles. The Morgan fingerprint density at radius 1 is 0.889 bits per heavy atom. The first-order valence-corrected chi connectivity index (χ1v) is 11.8. The Morgan fingerprint density at radius 2 is 1.67 bits per heavy atom. The van der Waals surface area contributed by atoms with Gasteiger partial charge in [0.05, 0.1) is 0 Å². The number of aryl methyl sites for hydroxylation is 3. The predicted octanol–water partition coefficient (Wildman–Crippen LogP) is 6.82. The van der Waals surface area contributed by atoms with E-state index in [1.165, 1.54) is 12.1 Å². The summed E-state index contributed by atoms with van der Waals surface area (Å²) in [6.45, 7) is 6.28. The molecular formula is C30H24FN3O2. The second kappa shape index (κ2) is 8.05. The maximum absolute atomic E-state index is 13.4. The number of rotatable bonds is 4. The molecule has 0 unspecified atom stereocenters. The van der Waals surface area contributed by atoms with E-state index < -0.39 is 0 Å². The topological polar surface area (TPSA) is 81.1 Å². The fraction of sp³-hybridized carbons (Fsp3) is 0.133. The van der Waals surface area contributed by atoms with Gasteiger partial charge in [0, 0.05) is 39.3 Å². The fourth-order valence-electron chi connectivity index (χ4n) is 5.17. The lowest BCUT2D eigenvalue weighted by Gasteiger charge is -2.12. The van der Waals surface area contributed by atoms with Crippen molar-refractivity contribution in [1.82, 2.24) is 10.3 Å². The number of halogens is 1. The number of aromatic nitrogens is 1. The van der Waals surface area contributed by atoms with Gasteiger partial charge in [-0.15, -0.1) is 0 Å². The average Bonchev–Trinajstić information content (AvgIpc) is 3.41. The Hall–Kier alpha value is -4.45. The van der Waals surface area contributed by atoms with Gasteiger partial charge >= 0.3 is 0 Å². The molecule has 0 aliphatic heterocycles. The number of carbonyl (C=O) groups excluding carboxylic acids is 1. The van der Waals surface area contributed by atoms with Crippen molar-refractivity contribution in [3.05, 3.63) is 94.4 Å². The Kier molecular flexibility index (Phi) is 4.93. The lowest BCUT2D eigenvalue weighted by molar-refractivity contribution is 0.0951. The Bertz CT molecular complexity index is 1780. The molecule has 6 heteroatoms. The largest absolute Gasteiger partial charge is 0.455 e. The highest BCUT2D eigenvalue weighted by atomic mass is 19.1. The number of nitrogens with zero attached hydrogens (tertiary/aromatic N) is 1. The maximum atomic E-state index is 13.4. The first-order valence-electron chi connectivity index (χ1n) is 11.8. The van der Waals surface area contributed by atoms with Crippen molar-refractivity contribution in [2.24, 2.45) is 0 Å². The van der Waals surface area contributed by atoms with Crippen LogP contribution in [0.25, 0.3) is 43.8 Å². The lowest BCUT2D eigenvalue weighted by Crippen LogP contribution is -2.24. The number of amides is 1. The number of benzene rings is 4. The average molecular weight is 478 g/mol. The van der Waals surface area contributed by atoms with Crippen molar-refractivity contribution >= 4 is 44.4 Å². The first-order chi connectivity index (χ1) is 17.3. The number of furan rings is 2. The van der Waals surface area contributed by atoms with Gasteiger partial charge in [-0.25, -0.2) is 9.37 Å². The SMILES string of the molecule is Cc1cc(N)nc(C)c1CNC(=O)c1ccc2c(c1)c1oc2c2c(C)cc(-c3ccc(F)cc3)cc12. The van der Waals surface area contributed by atoms with Crippen molar-refractivity contribution < 1.29 is 13.6 Å². The fourth-order valence-corrected chi connectivity index (χ4v) is 5.17. The highest BCUT2D eigenvalue weighted by molar-refractivity contribution is 6.27. The van der Waals surface area contributed by atoms with E-state index in [0.29, 0.717) is 17.9 Å². The molecule has 1 amide bonds. The molecule has 0 spiro atoms. The summed E-state index contributed by atoms with van der Waals surface area (Å²) in [4.78, 5) is 17.3. The third-order valence-electron chi connectivity index (χ3n) is 6.96. The number of anilines is 1. The molecule has 6 aromatic rings. The van der Waals surface area contributed by atoms with Crippen LogP contribution in [0.2, 0.25) is 0 Å². The van der Waals surface area contributed by atoms with Gasteiger partial charge < -0.3 is 15.5 Å². The summed E-state index contributed by atoms with van der Waals surface area (Å²) in [5.41, 5.74) is 13.7. The minimum atomic E-state index is -0.262. The van der Waals surface area contributed by atoms with Crippen LogP contribution in [-0.4, -0.2) is 10.9 Å². The number of pyridine rings is 1. The van der Waals surface area contributed by atoms with Gasteiger partial charge in [-0.05, 0) is 91.1 Å². The van der Waals surface area contributed by atoms with Crippen LogP contribution in [0.1, 0.15) is 32.7 Å². The summed E-state index contributed by atoms with van der Waals surface area (Å²) in [5, 5.41) is 6.97. The van der Waals surface area contributed by atoms with E-state index in [2.05, 4.69) is 29.4 Å². The van der Waals surface area contributed by atoms with Crippen LogP contribution in [0.5, 0.6) is 0 Å². The van der Waals surface area contributed by atoms with E-state index in [1.54, 1.807) is 12.1 Å². The molecule has 3 aromatic heterocycles. The molecule has 36 heavy (non-hydrogen) atoms. The maximum Gasteiger partial charge on any atom is 0.251 e. The quantitative estimate of drug-likeness (QED) is 0.273. The molecular weight excluding hydrogens is 453 g/mol. The van der Waals surface area contributed by atoms with Crippen LogP contribution in [-0.2, 0) is 6.54 Å². The van der Waals surface area contributed by atoms with E-state index in [1.807, 2.05) is 38.1 Å². The van der Waals surface area contributed by atoms with Crippen LogP contribution >= 0.6 is 0 Å². The monoisotopic (exact) mass is 477 g/mol. The summed E-state index contributed by atoms with van der Waals surface area (Å²) in [6.07, 6.45) is 0. The molecule has 0 atom stereocenters. The summed E-state index contributed by atoms with van der Waals surface area (Å²) < 4.78 is 19.7. The first kappa shape index (κ1) is 22.0. The smallest absolute Gasteiger partial charge is 0.251 e. The highest BCUT2D eigenvalue weighted by Gasteiger charge is 2.21. The number of hydrogen-bond donors (Lipinski definition) is 2. The Morgan fingerprint density at radius 3 is 2.42 bits per heavy atom. The van der Waals surface area contributed by atoms with Crippen molar-refractivity contribution in [3.8, 4) is 11.1 Å². The van der Waals surface area contributed by atoms with E-state index in [4.69, 9.17) is 10.2 Å². The van der Waals surface area contributed by atoms with Crippen molar-refractivity contribution in [3.63, 3.8) is 0 Å². The van der Waals surface area contributed by atoms with Gasteiger partial charge in [0.2, 0.25) is 0 Å². The summed E-state index contributed by atoms with van der Waals surface area (Å²) >= 11 is 0. The van der Waals surface area contributed by atoms with Crippen LogP contribution in [0.4, 0.5) is 10.2 Å². The van der Waals surface area contributed by atoms with Gasteiger partial charge in [0.15, 0.2) is 0 Å². The second-order valence-electron chi connectivity index (χ2n) is 9.35. The molecule has 0 aliphatic carbocycles. The number of fused-ring (bicyclic) bond motifs is 8. The number of hydrogen-bond acceptors (Lipinski definition) is 4. The van der Waals surface area contributed by atoms with Gasteiger partial charge in [-0.2, -0.15) is 0 Å². The van der Waals surface area contributed by atoms with Crippen molar-refractivity contribution in [2.75, 3.05) is 5.73 Å². The molecule has 0 aliphatic rings.